The number of nitrogens with one attached hydrogen (secondary N) is 1. The minimum absolute atomic E-state index is 0.0892. The van der Waals surface area contributed by atoms with Crippen LogP contribution in [0.2, 0.25) is 0 Å². The summed E-state index contributed by atoms with van der Waals surface area (Å²) in [5.41, 5.74) is 0.856. The van der Waals surface area contributed by atoms with Gasteiger partial charge in [-0.15, -0.1) is 0 Å². The largest absolute Gasteiger partial charge is 0.381 e. The molecule has 4 bridgehead atoms. The molecule has 0 spiro atoms. The van der Waals surface area contributed by atoms with Gasteiger partial charge < -0.3 is 10.1 Å². The topological polar surface area (TPSA) is 38.3 Å². The van der Waals surface area contributed by atoms with Gasteiger partial charge in [-0.05, 0) is 74.7 Å². The van der Waals surface area contributed by atoms with E-state index in [1.165, 1.54) is 44.1 Å². The van der Waals surface area contributed by atoms with Crippen LogP contribution in [0.4, 0.5) is 0 Å². The number of hydrogen-bond acceptors (Lipinski definition) is 2. The van der Waals surface area contributed by atoms with Crippen molar-refractivity contribution in [3.05, 3.63) is 35.9 Å². The SMILES string of the molecule is O=C(NC12CC3CC(CC(C3)C1)C2)C1(c2ccccc2)CCOCC1. The predicted octanol–water partition coefficient (Wildman–Crippen LogP) is 3.82. The standard InChI is InChI=1S/C22H29NO2/c24-20(22(6-8-25-9-7-22)19-4-2-1-3-5-19)23-21-13-16-10-17(14-21)12-18(11-16)15-21/h1-5,16-18H,6-15H2,(H,23,24). The molecule has 3 nitrogen and oxygen atoms in total. The second kappa shape index (κ2) is 5.84. The molecule has 1 aliphatic heterocycles. The highest BCUT2D eigenvalue weighted by atomic mass is 16.5. The summed E-state index contributed by atoms with van der Waals surface area (Å²) >= 11 is 0. The van der Waals surface area contributed by atoms with Gasteiger partial charge in [-0.3, -0.25) is 4.79 Å². The maximum Gasteiger partial charge on any atom is 0.231 e. The van der Waals surface area contributed by atoms with Crippen molar-refractivity contribution >= 4 is 5.91 Å². The fourth-order valence-electron chi connectivity index (χ4n) is 6.75. The number of benzene rings is 1. The number of rotatable bonds is 3. The Morgan fingerprint density at radius 3 is 2.04 bits per heavy atom. The van der Waals surface area contributed by atoms with Crippen LogP contribution in [0.5, 0.6) is 0 Å². The molecule has 0 aromatic heterocycles. The molecule has 1 aromatic rings. The molecule has 3 heteroatoms. The third-order valence-corrected chi connectivity index (χ3v) is 7.52. The Bertz CT molecular complexity index is 612. The first-order valence-electron chi connectivity index (χ1n) is 10.1. The molecular formula is C22H29NO2. The second-order valence-corrected chi connectivity index (χ2v) is 9.21. The Kier molecular flexibility index (Phi) is 3.70. The van der Waals surface area contributed by atoms with Gasteiger partial charge in [0.1, 0.15) is 0 Å². The minimum Gasteiger partial charge on any atom is -0.381 e. The molecule has 1 saturated heterocycles. The van der Waals surface area contributed by atoms with Crippen molar-refractivity contribution in [2.75, 3.05) is 13.2 Å². The van der Waals surface area contributed by atoms with Crippen molar-refractivity contribution in [1.82, 2.24) is 5.32 Å². The Labute approximate surface area is 150 Å². The smallest absolute Gasteiger partial charge is 0.231 e. The highest BCUT2D eigenvalue weighted by molar-refractivity contribution is 5.89. The molecule has 5 fully saturated rings. The fraction of sp³-hybridized carbons (Fsp3) is 0.682. The van der Waals surface area contributed by atoms with E-state index in [0.29, 0.717) is 13.2 Å². The van der Waals surface area contributed by atoms with E-state index in [9.17, 15) is 4.79 Å². The number of ether oxygens (including phenoxy) is 1. The average Bonchev–Trinajstić information content (AvgIpc) is 2.61. The van der Waals surface area contributed by atoms with Gasteiger partial charge in [0.05, 0.1) is 5.41 Å². The third-order valence-electron chi connectivity index (χ3n) is 7.52. The van der Waals surface area contributed by atoms with Crippen LogP contribution in [0.3, 0.4) is 0 Å². The monoisotopic (exact) mass is 339 g/mol. The summed E-state index contributed by atoms with van der Waals surface area (Å²) in [4.78, 5) is 13.6. The van der Waals surface area contributed by atoms with E-state index in [0.717, 1.165) is 30.6 Å². The molecule has 25 heavy (non-hydrogen) atoms. The van der Waals surface area contributed by atoms with Gasteiger partial charge in [0.25, 0.3) is 0 Å². The van der Waals surface area contributed by atoms with Crippen LogP contribution in [-0.4, -0.2) is 24.7 Å². The van der Waals surface area contributed by atoms with E-state index >= 15 is 0 Å². The quantitative estimate of drug-likeness (QED) is 0.909. The maximum atomic E-state index is 13.6. The van der Waals surface area contributed by atoms with E-state index in [1.807, 2.05) is 6.07 Å². The molecule has 0 atom stereocenters. The lowest BCUT2D eigenvalue weighted by Gasteiger charge is -2.57. The van der Waals surface area contributed by atoms with Crippen molar-refractivity contribution in [3.8, 4) is 0 Å². The van der Waals surface area contributed by atoms with E-state index in [-0.39, 0.29) is 11.4 Å². The molecule has 134 valence electrons. The zero-order chi connectivity index (χ0) is 16.9. The number of hydrogen-bond donors (Lipinski definition) is 1. The lowest BCUT2D eigenvalue weighted by molar-refractivity contribution is -0.136. The van der Waals surface area contributed by atoms with E-state index in [2.05, 4.69) is 29.6 Å². The summed E-state index contributed by atoms with van der Waals surface area (Å²) in [5, 5.41) is 3.64. The zero-order valence-corrected chi connectivity index (χ0v) is 15.0. The molecule has 1 amide bonds. The molecule has 1 N–H and O–H groups in total. The van der Waals surface area contributed by atoms with Gasteiger partial charge in [-0.25, -0.2) is 0 Å². The minimum atomic E-state index is -0.400. The predicted molar refractivity (Wildman–Crippen MR) is 97.2 cm³/mol. The number of carbonyl (C=O) groups is 1. The van der Waals surface area contributed by atoms with E-state index < -0.39 is 5.41 Å². The lowest BCUT2D eigenvalue weighted by atomic mass is 9.53. The Balaban J connectivity index is 1.43. The summed E-state index contributed by atoms with van der Waals surface area (Å²) in [7, 11) is 0. The summed E-state index contributed by atoms with van der Waals surface area (Å²) in [6.45, 7) is 1.37. The van der Waals surface area contributed by atoms with Gasteiger partial charge in [0.2, 0.25) is 5.91 Å². The Morgan fingerprint density at radius 2 is 1.48 bits per heavy atom. The van der Waals surface area contributed by atoms with Gasteiger partial charge in [-0.2, -0.15) is 0 Å². The fourth-order valence-corrected chi connectivity index (χ4v) is 6.75. The van der Waals surface area contributed by atoms with Crippen molar-refractivity contribution in [2.45, 2.75) is 62.3 Å². The number of carbonyl (C=O) groups excluding carboxylic acids is 1. The molecule has 4 aliphatic carbocycles. The lowest BCUT2D eigenvalue weighted by Crippen LogP contribution is -2.63. The van der Waals surface area contributed by atoms with Crippen LogP contribution in [0.25, 0.3) is 0 Å². The normalized spacial score (nSPS) is 38.5. The first-order valence-corrected chi connectivity index (χ1v) is 10.1. The number of amides is 1. The highest BCUT2D eigenvalue weighted by Gasteiger charge is 2.53. The second-order valence-electron chi connectivity index (χ2n) is 9.21. The van der Waals surface area contributed by atoms with Crippen molar-refractivity contribution in [2.24, 2.45) is 17.8 Å². The molecule has 0 radical (unpaired) electrons. The summed E-state index contributed by atoms with van der Waals surface area (Å²) in [6.07, 6.45) is 9.47. The van der Waals surface area contributed by atoms with Gasteiger partial charge in [0.15, 0.2) is 0 Å². The van der Waals surface area contributed by atoms with Crippen LogP contribution < -0.4 is 5.32 Å². The molecule has 6 rings (SSSR count). The first-order chi connectivity index (χ1) is 12.2. The highest BCUT2D eigenvalue weighted by Crippen LogP contribution is 2.56. The molecule has 1 heterocycles. The van der Waals surface area contributed by atoms with Crippen LogP contribution in [-0.2, 0) is 14.9 Å². The van der Waals surface area contributed by atoms with Crippen LogP contribution >= 0.6 is 0 Å². The molecule has 1 aromatic carbocycles. The van der Waals surface area contributed by atoms with E-state index in [1.54, 1.807) is 0 Å². The Morgan fingerprint density at radius 1 is 0.920 bits per heavy atom. The van der Waals surface area contributed by atoms with Crippen LogP contribution in [0.15, 0.2) is 30.3 Å². The van der Waals surface area contributed by atoms with Crippen LogP contribution in [0, 0.1) is 17.8 Å². The summed E-state index contributed by atoms with van der Waals surface area (Å²) in [5.74, 6) is 2.83. The molecular weight excluding hydrogens is 310 g/mol. The summed E-state index contributed by atoms with van der Waals surface area (Å²) in [6, 6.07) is 10.4. The first kappa shape index (κ1) is 15.9. The van der Waals surface area contributed by atoms with E-state index in [4.69, 9.17) is 4.74 Å². The van der Waals surface area contributed by atoms with Crippen molar-refractivity contribution in [1.29, 1.82) is 0 Å². The maximum absolute atomic E-state index is 13.6. The zero-order valence-electron chi connectivity index (χ0n) is 15.0. The van der Waals surface area contributed by atoms with Gasteiger partial charge >= 0.3 is 0 Å². The Hall–Kier alpha value is -1.35. The van der Waals surface area contributed by atoms with Crippen molar-refractivity contribution in [3.63, 3.8) is 0 Å². The molecule has 4 saturated carbocycles. The van der Waals surface area contributed by atoms with Gasteiger partial charge in [0, 0.05) is 18.8 Å². The average molecular weight is 339 g/mol. The van der Waals surface area contributed by atoms with Crippen molar-refractivity contribution < 1.29 is 9.53 Å². The van der Waals surface area contributed by atoms with Gasteiger partial charge in [-0.1, -0.05) is 30.3 Å². The molecule has 0 unspecified atom stereocenters. The molecule has 5 aliphatic rings. The summed E-state index contributed by atoms with van der Waals surface area (Å²) < 4.78 is 5.61. The third kappa shape index (κ3) is 2.63. The van der Waals surface area contributed by atoms with Crippen LogP contribution in [0.1, 0.15) is 56.9 Å².